The quantitative estimate of drug-likeness (QED) is 0.509. The molecule has 110 valence electrons. The first kappa shape index (κ1) is 15.7. The van der Waals surface area contributed by atoms with E-state index in [4.69, 9.17) is 9.47 Å². The number of hydrogen-bond acceptors (Lipinski definition) is 5. The summed E-state index contributed by atoms with van der Waals surface area (Å²) in [5.74, 6) is 0.380. The first-order valence-corrected chi connectivity index (χ1v) is 6.12. The Morgan fingerprint density at radius 2 is 2.10 bits per heavy atom. The number of nitro benzene ring substituents is 1. The highest BCUT2D eigenvalue weighted by atomic mass is 16.6. The highest BCUT2D eigenvalue weighted by molar-refractivity contribution is 5.67. The molecule has 0 spiro atoms. The van der Waals surface area contributed by atoms with Gasteiger partial charge in [0.25, 0.3) is 5.69 Å². The number of ether oxygens (including phenoxy) is 2. The summed E-state index contributed by atoms with van der Waals surface area (Å²) in [6.45, 7) is 5.75. The Hall–Kier alpha value is -2.31. The summed E-state index contributed by atoms with van der Waals surface area (Å²) in [7, 11) is 0. The molecular formula is C13H18N2O5. The first-order chi connectivity index (χ1) is 9.28. The van der Waals surface area contributed by atoms with Crippen LogP contribution in [0.3, 0.4) is 0 Å². The van der Waals surface area contributed by atoms with Gasteiger partial charge in [0, 0.05) is 6.07 Å². The number of rotatable bonds is 5. The van der Waals surface area contributed by atoms with Crippen molar-refractivity contribution in [2.45, 2.75) is 26.4 Å². The van der Waals surface area contributed by atoms with Crippen LogP contribution in [0.25, 0.3) is 0 Å². The average molecular weight is 282 g/mol. The molecular weight excluding hydrogens is 264 g/mol. The Kier molecular flexibility index (Phi) is 5.31. The van der Waals surface area contributed by atoms with Crippen molar-refractivity contribution >= 4 is 11.8 Å². The third-order valence-electron chi connectivity index (χ3n) is 2.07. The maximum absolute atomic E-state index is 11.3. The maximum Gasteiger partial charge on any atom is 0.407 e. The minimum Gasteiger partial charge on any atom is -0.491 e. The molecule has 7 nitrogen and oxygen atoms in total. The number of non-ortho nitro benzene ring substituents is 1. The predicted octanol–water partition coefficient (Wildman–Crippen LogP) is 2.50. The minimum atomic E-state index is -0.551. The summed E-state index contributed by atoms with van der Waals surface area (Å²) in [5, 5.41) is 13.1. The molecule has 0 aliphatic rings. The van der Waals surface area contributed by atoms with E-state index >= 15 is 0 Å². The maximum atomic E-state index is 11.3. The average Bonchev–Trinajstić information content (AvgIpc) is 2.33. The summed E-state index contributed by atoms with van der Waals surface area (Å²) in [6, 6.07) is 5.86. The van der Waals surface area contributed by atoms with Crippen molar-refractivity contribution in [3.8, 4) is 5.75 Å². The Labute approximate surface area is 117 Å². The monoisotopic (exact) mass is 282 g/mol. The molecule has 1 amide bonds. The van der Waals surface area contributed by atoms with Gasteiger partial charge in [-0.05, 0) is 26.8 Å². The summed E-state index contributed by atoms with van der Waals surface area (Å²) < 4.78 is 10.3. The molecule has 7 heteroatoms. The van der Waals surface area contributed by atoms with E-state index in [0.717, 1.165) is 0 Å². The highest BCUT2D eigenvalue weighted by Gasteiger charge is 2.15. The highest BCUT2D eigenvalue weighted by Crippen LogP contribution is 2.18. The smallest absolute Gasteiger partial charge is 0.407 e. The van der Waals surface area contributed by atoms with Crippen molar-refractivity contribution in [3.05, 3.63) is 34.4 Å². The van der Waals surface area contributed by atoms with Crippen molar-refractivity contribution in [3.63, 3.8) is 0 Å². The molecule has 0 atom stereocenters. The first-order valence-electron chi connectivity index (χ1n) is 6.12. The summed E-state index contributed by atoms with van der Waals surface area (Å²) >= 11 is 0. The van der Waals surface area contributed by atoms with Crippen LogP contribution in [0.4, 0.5) is 10.5 Å². The lowest BCUT2D eigenvalue weighted by molar-refractivity contribution is -0.384. The van der Waals surface area contributed by atoms with Crippen molar-refractivity contribution in [2.24, 2.45) is 0 Å². The molecule has 1 N–H and O–H groups in total. The zero-order valence-corrected chi connectivity index (χ0v) is 11.7. The molecule has 0 bridgehead atoms. The van der Waals surface area contributed by atoms with Crippen molar-refractivity contribution < 1.29 is 19.2 Å². The van der Waals surface area contributed by atoms with Gasteiger partial charge in [-0.3, -0.25) is 10.1 Å². The number of hydrogen-bond donors (Lipinski definition) is 1. The van der Waals surface area contributed by atoms with E-state index in [2.05, 4.69) is 5.32 Å². The van der Waals surface area contributed by atoms with Gasteiger partial charge in [0.15, 0.2) is 0 Å². The molecule has 20 heavy (non-hydrogen) atoms. The van der Waals surface area contributed by atoms with Crippen LogP contribution in [0.1, 0.15) is 20.8 Å². The van der Waals surface area contributed by atoms with Crippen LogP contribution >= 0.6 is 0 Å². The Morgan fingerprint density at radius 3 is 2.70 bits per heavy atom. The van der Waals surface area contributed by atoms with Gasteiger partial charge in [-0.1, -0.05) is 6.07 Å². The molecule has 0 heterocycles. The second kappa shape index (κ2) is 6.74. The molecule has 0 aliphatic heterocycles. The number of nitrogens with one attached hydrogen (secondary N) is 1. The third-order valence-corrected chi connectivity index (χ3v) is 2.07. The molecule has 0 saturated heterocycles. The van der Waals surface area contributed by atoms with Crippen LogP contribution in [-0.4, -0.2) is 29.8 Å². The van der Waals surface area contributed by atoms with Gasteiger partial charge in [-0.15, -0.1) is 0 Å². The van der Waals surface area contributed by atoms with Gasteiger partial charge < -0.3 is 14.8 Å². The zero-order valence-electron chi connectivity index (χ0n) is 11.7. The molecule has 1 aromatic carbocycles. The molecule has 0 aliphatic carbocycles. The zero-order chi connectivity index (χ0) is 15.2. The van der Waals surface area contributed by atoms with Gasteiger partial charge in [0.05, 0.1) is 17.5 Å². The van der Waals surface area contributed by atoms with Gasteiger partial charge >= 0.3 is 6.09 Å². The van der Waals surface area contributed by atoms with Crippen LogP contribution in [0.5, 0.6) is 5.75 Å². The van der Waals surface area contributed by atoms with Crippen LogP contribution in [0.15, 0.2) is 24.3 Å². The fourth-order valence-corrected chi connectivity index (χ4v) is 1.32. The molecule has 1 aromatic rings. The van der Waals surface area contributed by atoms with Gasteiger partial charge in [0.2, 0.25) is 0 Å². The van der Waals surface area contributed by atoms with E-state index in [0.29, 0.717) is 5.75 Å². The van der Waals surface area contributed by atoms with Gasteiger partial charge in [-0.2, -0.15) is 0 Å². The van der Waals surface area contributed by atoms with Gasteiger partial charge in [0.1, 0.15) is 18.0 Å². The number of carbonyl (C=O) groups is 1. The fourth-order valence-electron chi connectivity index (χ4n) is 1.32. The Bertz CT molecular complexity index is 482. The van der Waals surface area contributed by atoms with Crippen molar-refractivity contribution in [2.75, 3.05) is 13.2 Å². The fraction of sp³-hybridized carbons (Fsp3) is 0.462. The van der Waals surface area contributed by atoms with Crippen molar-refractivity contribution in [1.29, 1.82) is 0 Å². The van der Waals surface area contributed by atoms with Crippen LogP contribution in [-0.2, 0) is 4.74 Å². The number of benzene rings is 1. The van der Waals surface area contributed by atoms with Gasteiger partial charge in [-0.25, -0.2) is 4.79 Å². The predicted molar refractivity (Wildman–Crippen MR) is 72.8 cm³/mol. The van der Waals surface area contributed by atoms with Crippen LogP contribution in [0, 0.1) is 10.1 Å². The van der Waals surface area contributed by atoms with E-state index in [1.54, 1.807) is 26.8 Å². The summed E-state index contributed by atoms with van der Waals surface area (Å²) in [5.41, 5.74) is -0.590. The second-order valence-electron chi connectivity index (χ2n) is 5.03. The van der Waals surface area contributed by atoms with E-state index in [1.165, 1.54) is 18.2 Å². The molecule has 0 saturated carbocycles. The number of carbonyl (C=O) groups excluding carboxylic acids is 1. The third kappa shape index (κ3) is 6.03. The van der Waals surface area contributed by atoms with E-state index in [-0.39, 0.29) is 18.8 Å². The van der Waals surface area contributed by atoms with Crippen LogP contribution < -0.4 is 10.1 Å². The second-order valence-corrected chi connectivity index (χ2v) is 5.03. The topological polar surface area (TPSA) is 90.7 Å². The standard InChI is InChI=1S/C13H18N2O5/c1-13(2,3)20-12(16)14-7-8-19-11-6-4-5-10(9-11)15(17)18/h4-6,9H,7-8H2,1-3H3,(H,14,16). The number of amides is 1. The summed E-state index contributed by atoms with van der Waals surface area (Å²) in [6.07, 6.45) is -0.528. The van der Waals surface area contributed by atoms with E-state index < -0.39 is 16.6 Å². The molecule has 0 fully saturated rings. The van der Waals surface area contributed by atoms with E-state index in [9.17, 15) is 14.9 Å². The lowest BCUT2D eigenvalue weighted by Gasteiger charge is -2.19. The Morgan fingerprint density at radius 1 is 1.40 bits per heavy atom. The lowest BCUT2D eigenvalue weighted by Crippen LogP contribution is -2.34. The van der Waals surface area contributed by atoms with Crippen LogP contribution in [0.2, 0.25) is 0 Å². The largest absolute Gasteiger partial charge is 0.491 e. The lowest BCUT2D eigenvalue weighted by atomic mass is 10.2. The SMILES string of the molecule is CC(C)(C)OC(=O)NCCOc1cccc([N+](=O)[O-])c1. The van der Waals surface area contributed by atoms with Crippen molar-refractivity contribution in [1.82, 2.24) is 5.32 Å². The minimum absolute atomic E-state index is 0.0393. The number of alkyl carbamates (subject to hydrolysis) is 1. The molecule has 0 unspecified atom stereocenters. The summed E-state index contributed by atoms with van der Waals surface area (Å²) in [4.78, 5) is 21.4. The molecule has 1 rings (SSSR count). The molecule has 0 aromatic heterocycles. The molecule has 0 radical (unpaired) electrons. The number of nitro groups is 1. The normalized spacial score (nSPS) is 10.8. The number of nitrogens with zero attached hydrogens (tertiary/aromatic N) is 1. The van der Waals surface area contributed by atoms with E-state index in [1.807, 2.05) is 0 Å². The Balaban J connectivity index is 2.33.